The summed E-state index contributed by atoms with van der Waals surface area (Å²) in [5, 5.41) is 12.9. The van der Waals surface area contributed by atoms with Gasteiger partial charge in [-0.1, -0.05) is 0 Å². The number of nitriles is 1. The van der Waals surface area contributed by atoms with Crippen LogP contribution in [0.15, 0.2) is 27.8 Å². The molecule has 0 spiro atoms. The first-order valence-electron chi connectivity index (χ1n) is 4.44. The first-order valence-corrected chi connectivity index (χ1v) is 6.22. The fourth-order valence-electron chi connectivity index (χ4n) is 0.826. The van der Waals surface area contributed by atoms with Crippen LogP contribution in [0.1, 0.15) is 6.92 Å². The Morgan fingerprint density at radius 3 is 2.87 bits per heavy atom. The van der Waals surface area contributed by atoms with Crippen LogP contribution < -0.4 is 5.32 Å². The van der Waals surface area contributed by atoms with Gasteiger partial charge in [0, 0.05) is 16.4 Å². The van der Waals surface area contributed by atoms with Crippen LogP contribution in [0.2, 0.25) is 0 Å². The van der Waals surface area contributed by atoms with E-state index >= 15 is 0 Å². The summed E-state index contributed by atoms with van der Waals surface area (Å²) in [7, 11) is 1.79. The minimum atomic E-state index is -0.501. The molecule has 0 saturated carbocycles. The van der Waals surface area contributed by atoms with Gasteiger partial charge in [-0.3, -0.25) is 0 Å². The number of hydrogen-bond acceptors (Lipinski definition) is 4. The zero-order chi connectivity index (χ0) is 11.3. The van der Waals surface area contributed by atoms with Crippen molar-refractivity contribution in [3.63, 3.8) is 0 Å². The highest BCUT2D eigenvalue weighted by atomic mass is 79.9. The Hall–Kier alpha value is -0.570. The van der Waals surface area contributed by atoms with Gasteiger partial charge in [-0.05, 0) is 42.0 Å². The highest BCUT2D eigenvalue weighted by Crippen LogP contribution is 2.21. The molecule has 1 rings (SSSR count). The molecule has 0 aliphatic carbocycles. The van der Waals surface area contributed by atoms with Gasteiger partial charge in [-0.2, -0.15) is 5.26 Å². The van der Waals surface area contributed by atoms with Gasteiger partial charge in [0.05, 0.1) is 11.1 Å². The Morgan fingerprint density at radius 1 is 1.67 bits per heavy atom. The average Bonchev–Trinajstić information content (AvgIpc) is 2.28. The van der Waals surface area contributed by atoms with Gasteiger partial charge < -0.3 is 5.32 Å². The normalized spacial score (nSPS) is 14.3. The second-order valence-corrected chi connectivity index (χ2v) is 5.21. The quantitative estimate of drug-likeness (QED) is 0.864. The van der Waals surface area contributed by atoms with E-state index in [0.29, 0.717) is 5.75 Å². The number of hydrogen-bond donors (Lipinski definition) is 1. The second-order valence-electron chi connectivity index (χ2n) is 3.30. The van der Waals surface area contributed by atoms with Gasteiger partial charge in [0.2, 0.25) is 0 Å². The van der Waals surface area contributed by atoms with Crippen molar-refractivity contribution in [2.45, 2.75) is 17.5 Å². The first kappa shape index (κ1) is 12.5. The molecule has 0 aliphatic heterocycles. The van der Waals surface area contributed by atoms with E-state index in [2.05, 4.69) is 32.3 Å². The molecule has 0 aliphatic rings. The molecule has 1 aromatic heterocycles. The number of thioether (sulfide) groups is 1. The maximum atomic E-state index is 8.95. The second kappa shape index (κ2) is 5.50. The van der Waals surface area contributed by atoms with Crippen LogP contribution in [-0.4, -0.2) is 23.3 Å². The predicted octanol–water partition coefficient (Wildman–Crippen LogP) is 2.44. The third-order valence-electron chi connectivity index (χ3n) is 2.01. The van der Waals surface area contributed by atoms with Gasteiger partial charge in [-0.25, -0.2) is 4.98 Å². The molecule has 1 atom stereocenters. The van der Waals surface area contributed by atoms with Gasteiger partial charge in [-0.15, -0.1) is 11.8 Å². The molecule has 0 amide bonds. The summed E-state index contributed by atoms with van der Waals surface area (Å²) in [5.41, 5.74) is -0.501. The van der Waals surface area contributed by atoms with E-state index in [1.807, 2.05) is 19.1 Å². The van der Waals surface area contributed by atoms with Crippen LogP contribution in [0.25, 0.3) is 0 Å². The standard InChI is InChI=1S/C10H12BrN3S/c1-10(6-12,13-2)7-15-9-4-3-8(11)5-14-9/h3-5,13H,7H2,1-2H3. The van der Waals surface area contributed by atoms with E-state index in [1.165, 1.54) is 0 Å². The van der Waals surface area contributed by atoms with Crippen molar-refractivity contribution in [3.05, 3.63) is 22.8 Å². The van der Waals surface area contributed by atoms with Crippen LogP contribution >= 0.6 is 27.7 Å². The number of aromatic nitrogens is 1. The molecule has 1 heterocycles. The van der Waals surface area contributed by atoms with Crippen molar-refractivity contribution >= 4 is 27.7 Å². The van der Waals surface area contributed by atoms with E-state index in [4.69, 9.17) is 5.26 Å². The molecular formula is C10H12BrN3S. The molecule has 80 valence electrons. The van der Waals surface area contributed by atoms with Gasteiger partial charge in [0.15, 0.2) is 0 Å². The van der Waals surface area contributed by atoms with E-state index in [0.717, 1.165) is 9.50 Å². The first-order chi connectivity index (χ1) is 7.09. The van der Waals surface area contributed by atoms with E-state index in [-0.39, 0.29) is 0 Å². The SMILES string of the molecule is CNC(C)(C#N)CSc1ccc(Br)cn1. The molecule has 0 aromatic carbocycles. The van der Waals surface area contributed by atoms with Crippen molar-refractivity contribution in [2.24, 2.45) is 0 Å². The summed E-state index contributed by atoms with van der Waals surface area (Å²) in [4.78, 5) is 4.23. The van der Waals surface area contributed by atoms with Crippen LogP contribution in [0, 0.1) is 11.3 Å². The smallest absolute Gasteiger partial charge is 0.113 e. The minimum Gasteiger partial charge on any atom is -0.302 e. The maximum Gasteiger partial charge on any atom is 0.113 e. The summed E-state index contributed by atoms with van der Waals surface area (Å²) in [6, 6.07) is 6.12. The molecule has 5 heteroatoms. The lowest BCUT2D eigenvalue weighted by molar-refractivity contribution is 0.550. The summed E-state index contributed by atoms with van der Waals surface area (Å²) >= 11 is 4.90. The maximum absolute atomic E-state index is 8.95. The lowest BCUT2D eigenvalue weighted by atomic mass is 10.1. The molecule has 0 radical (unpaired) electrons. The molecular weight excluding hydrogens is 274 g/mol. The van der Waals surface area contributed by atoms with Crippen molar-refractivity contribution in [1.29, 1.82) is 5.26 Å². The third kappa shape index (κ3) is 3.82. The van der Waals surface area contributed by atoms with Crippen molar-refractivity contribution in [1.82, 2.24) is 10.3 Å². The number of halogens is 1. The Labute approximate surface area is 102 Å². The Balaban J connectivity index is 2.58. The summed E-state index contributed by atoms with van der Waals surface area (Å²) < 4.78 is 0.962. The largest absolute Gasteiger partial charge is 0.302 e. The number of pyridine rings is 1. The topological polar surface area (TPSA) is 48.7 Å². The van der Waals surface area contributed by atoms with Gasteiger partial charge in [0.25, 0.3) is 0 Å². The van der Waals surface area contributed by atoms with Crippen LogP contribution in [0.3, 0.4) is 0 Å². The average molecular weight is 286 g/mol. The summed E-state index contributed by atoms with van der Waals surface area (Å²) in [6.45, 7) is 1.87. The Bertz CT molecular complexity index is 360. The zero-order valence-corrected chi connectivity index (χ0v) is 11.0. The minimum absolute atomic E-state index is 0.501. The fraction of sp³-hybridized carbons (Fsp3) is 0.400. The van der Waals surface area contributed by atoms with Crippen LogP contribution in [-0.2, 0) is 0 Å². The molecule has 3 nitrogen and oxygen atoms in total. The molecule has 0 saturated heterocycles. The Kier molecular flexibility index (Phi) is 4.58. The Morgan fingerprint density at radius 2 is 2.40 bits per heavy atom. The highest BCUT2D eigenvalue weighted by Gasteiger charge is 2.21. The molecule has 1 N–H and O–H groups in total. The van der Waals surface area contributed by atoms with Gasteiger partial charge in [0.1, 0.15) is 5.54 Å². The highest BCUT2D eigenvalue weighted by molar-refractivity contribution is 9.10. The van der Waals surface area contributed by atoms with Crippen LogP contribution in [0.5, 0.6) is 0 Å². The van der Waals surface area contributed by atoms with Gasteiger partial charge >= 0.3 is 0 Å². The van der Waals surface area contributed by atoms with E-state index in [9.17, 15) is 0 Å². The predicted molar refractivity (Wildman–Crippen MR) is 65.7 cm³/mol. The fourth-order valence-corrected chi connectivity index (χ4v) is 2.00. The number of nitrogens with one attached hydrogen (secondary N) is 1. The molecule has 0 bridgehead atoms. The molecule has 0 fully saturated rings. The zero-order valence-electron chi connectivity index (χ0n) is 8.62. The van der Waals surface area contributed by atoms with Crippen molar-refractivity contribution < 1.29 is 0 Å². The van der Waals surface area contributed by atoms with Crippen molar-refractivity contribution in [3.8, 4) is 6.07 Å². The summed E-state index contributed by atoms with van der Waals surface area (Å²) in [6.07, 6.45) is 1.76. The van der Waals surface area contributed by atoms with Crippen LogP contribution in [0.4, 0.5) is 0 Å². The number of nitrogens with zero attached hydrogens (tertiary/aromatic N) is 2. The van der Waals surface area contributed by atoms with E-state index < -0.39 is 5.54 Å². The molecule has 1 unspecified atom stereocenters. The molecule has 1 aromatic rings. The van der Waals surface area contributed by atoms with Crippen molar-refractivity contribution in [2.75, 3.05) is 12.8 Å². The molecule has 15 heavy (non-hydrogen) atoms. The van der Waals surface area contributed by atoms with E-state index in [1.54, 1.807) is 25.0 Å². The third-order valence-corrected chi connectivity index (χ3v) is 3.74. The summed E-state index contributed by atoms with van der Waals surface area (Å²) in [5.74, 6) is 0.675. The monoisotopic (exact) mass is 285 g/mol. The number of rotatable bonds is 4. The lowest BCUT2D eigenvalue weighted by Gasteiger charge is -2.19. The lowest BCUT2D eigenvalue weighted by Crippen LogP contribution is -2.40.